The van der Waals surface area contributed by atoms with Gasteiger partial charge in [0.25, 0.3) is 0 Å². The lowest BCUT2D eigenvalue weighted by molar-refractivity contribution is -0.143. The molecule has 0 aromatic rings. The minimum Gasteiger partial charge on any atom is -0.481 e. The van der Waals surface area contributed by atoms with Gasteiger partial charge in [0, 0.05) is 6.54 Å². The lowest BCUT2D eigenvalue weighted by atomic mass is 9.82. The molecule has 0 aromatic heterocycles. The predicted molar refractivity (Wildman–Crippen MR) is 66.3 cm³/mol. The fourth-order valence-electron chi connectivity index (χ4n) is 2.27. The van der Waals surface area contributed by atoms with Crippen LogP contribution < -0.4 is 11.1 Å². The molecule has 1 fully saturated rings. The van der Waals surface area contributed by atoms with Gasteiger partial charge in [-0.3, -0.25) is 14.4 Å². The molecule has 0 saturated heterocycles. The van der Waals surface area contributed by atoms with Crippen molar-refractivity contribution >= 4 is 17.8 Å². The third-order valence-electron chi connectivity index (χ3n) is 3.49. The zero-order valence-electron chi connectivity index (χ0n) is 10.7. The SMILES string of the molecule is N[C@@H](CC(=O)O)C(=O)NCC1CCC(C(=O)O)CC1. The van der Waals surface area contributed by atoms with Crippen LogP contribution >= 0.6 is 0 Å². The molecule has 1 rings (SSSR count). The van der Waals surface area contributed by atoms with Crippen LogP contribution in [0.4, 0.5) is 0 Å². The smallest absolute Gasteiger partial charge is 0.306 e. The van der Waals surface area contributed by atoms with Crippen LogP contribution in [-0.4, -0.2) is 40.6 Å². The van der Waals surface area contributed by atoms with Crippen molar-refractivity contribution in [3.63, 3.8) is 0 Å². The summed E-state index contributed by atoms with van der Waals surface area (Å²) in [4.78, 5) is 32.7. The molecule has 1 aliphatic carbocycles. The Hall–Kier alpha value is -1.63. The normalized spacial score (nSPS) is 24.5. The van der Waals surface area contributed by atoms with E-state index in [0.717, 1.165) is 12.8 Å². The van der Waals surface area contributed by atoms with Gasteiger partial charge in [0.05, 0.1) is 18.4 Å². The van der Waals surface area contributed by atoms with E-state index in [0.29, 0.717) is 19.4 Å². The van der Waals surface area contributed by atoms with Crippen LogP contribution in [-0.2, 0) is 14.4 Å². The fourth-order valence-corrected chi connectivity index (χ4v) is 2.27. The summed E-state index contributed by atoms with van der Waals surface area (Å²) in [6.07, 6.45) is 2.36. The van der Waals surface area contributed by atoms with Gasteiger partial charge in [-0.25, -0.2) is 0 Å². The van der Waals surface area contributed by atoms with Gasteiger partial charge in [-0.15, -0.1) is 0 Å². The fraction of sp³-hybridized carbons (Fsp3) is 0.750. The second-order valence-electron chi connectivity index (χ2n) is 5.01. The lowest BCUT2D eigenvalue weighted by Crippen LogP contribution is -2.44. The zero-order chi connectivity index (χ0) is 14.4. The van der Waals surface area contributed by atoms with E-state index in [1.165, 1.54) is 0 Å². The zero-order valence-corrected chi connectivity index (χ0v) is 10.7. The Balaban J connectivity index is 2.25. The first kappa shape index (κ1) is 15.4. The maximum Gasteiger partial charge on any atom is 0.306 e. The Kier molecular flexibility index (Phi) is 5.75. The van der Waals surface area contributed by atoms with Crippen LogP contribution in [0.5, 0.6) is 0 Å². The van der Waals surface area contributed by atoms with Crippen molar-refractivity contribution in [2.45, 2.75) is 38.1 Å². The lowest BCUT2D eigenvalue weighted by Gasteiger charge is -2.26. The van der Waals surface area contributed by atoms with Gasteiger partial charge in [0.15, 0.2) is 0 Å². The molecule has 0 aliphatic heterocycles. The number of amides is 1. The summed E-state index contributed by atoms with van der Waals surface area (Å²) in [5.41, 5.74) is 5.42. The number of rotatable bonds is 6. The number of hydrogen-bond donors (Lipinski definition) is 4. The molecule has 0 bridgehead atoms. The molecule has 1 saturated carbocycles. The van der Waals surface area contributed by atoms with Crippen LogP contribution in [0.15, 0.2) is 0 Å². The highest BCUT2D eigenvalue weighted by molar-refractivity contribution is 5.85. The summed E-state index contributed by atoms with van der Waals surface area (Å²) in [5, 5.41) is 20.0. The average Bonchev–Trinajstić information content (AvgIpc) is 2.35. The number of carboxylic acids is 2. The van der Waals surface area contributed by atoms with Crippen molar-refractivity contribution in [1.82, 2.24) is 5.32 Å². The van der Waals surface area contributed by atoms with Crippen LogP contribution in [0.1, 0.15) is 32.1 Å². The second-order valence-corrected chi connectivity index (χ2v) is 5.01. The first-order valence-electron chi connectivity index (χ1n) is 6.38. The molecular weight excluding hydrogens is 252 g/mol. The Morgan fingerprint density at radius 1 is 1.16 bits per heavy atom. The van der Waals surface area contributed by atoms with E-state index in [-0.39, 0.29) is 11.8 Å². The third-order valence-corrected chi connectivity index (χ3v) is 3.49. The van der Waals surface area contributed by atoms with Gasteiger partial charge >= 0.3 is 11.9 Å². The molecule has 0 spiro atoms. The van der Waals surface area contributed by atoms with Crippen molar-refractivity contribution in [1.29, 1.82) is 0 Å². The molecular formula is C12H20N2O5. The number of aliphatic carboxylic acids is 2. The number of nitrogens with one attached hydrogen (secondary N) is 1. The average molecular weight is 272 g/mol. The van der Waals surface area contributed by atoms with E-state index in [1.54, 1.807) is 0 Å². The maximum atomic E-state index is 11.5. The van der Waals surface area contributed by atoms with Gasteiger partial charge in [-0.1, -0.05) is 0 Å². The standard InChI is InChI=1S/C12H20N2O5/c13-9(5-10(15)16)11(17)14-6-7-1-3-8(4-2-7)12(18)19/h7-9H,1-6,13H2,(H,14,17)(H,15,16)(H,18,19)/t7?,8?,9-/m0/s1. The van der Waals surface area contributed by atoms with Gasteiger partial charge in [0.1, 0.15) is 0 Å². The number of nitrogens with two attached hydrogens (primary N) is 1. The summed E-state index contributed by atoms with van der Waals surface area (Å²) in [6, 6.07) is -1.03. The van der Waals surface area contributed by atoms with E-state index < -0.39 is 30.3 Å². The minimum atomic E-state index is -1.11. The van der Waals surface area contributed by atoms with Crippen molar-refractivity contribution in [2.24, 2.45) is 17.6 Å². The molecule has 7 nitrogen and oxygen atoms in total. The van der Waals surface area contributed by atoms with Crippen molar-refractivity contribution in [2.75, 3.05) is 6.54 Å². The number of carbonyl (C=O) groups is 3. The molecule has 19 heavy (non-hydrogen) atoms. The maximum absolute atomic E-state index is 11.5. The van der Waals surface area contributed by atoms with E-state index in [1.807, 2.05) is 0 Å². The van der Waals surface area contributed by atoms with E-state index in [4.69, 9.17) is 15.9 Å². The molecule has 0 radical (unpaired) electrons. The van der Waals surface area contributed by atoms with Gasteiger partial charge in [-0.05, 0) is 31.6 Å². The molecule has 1 aliphatic rings. The van der Waals surface area contributed by atoms with Crippen LogP contribution in [0.2, 0.25) is 0 Å². The molecule has 0 heterocycles. The monoisotopic (exact) mass is 272 g/mol. The predicted octanol–water partition coefficient (Wildman–Crippen LogP) is -0.204. The largest absolute Gasteiger partial charge is 0.481 e. The number of hydrogen-bond acceptors (Lipinski definition) is 4. The quantitative estimate of drug-likeness (QED) is 0.529. The first-order valence-corrected chi connectivity index (χ1v) is 6.38. The highest BCUT2D eigenvalue weighted by Gasteiger charge is 2.26. The van der Waals surface area contributed by atoms with Crippen molar-refractivity contribution < 1.29 is 24.6 Å². The Morgan fingerprint density at radius 3 is 2.21 bits per heavy atom. The van der Waals surface area contributed by atoms with E-state index in [9.17, 15) is 14.4 Å². The second kappa shape index (κ2) is 7.08. The van der Waals surface area contributed by atoms with Crippen LogP contribution in [0.3, 0.4) is 0 Å². The van der Waals surface area contributed by atoms with Crippen LogP contribution in [0.25, 0.3) is 0 Å². The molecule has 0 unspecified atom stereocenters. The Morgan fingerprint density at radius 2 is 1.74 bits per heavy atom. The molecule has 5 N–H and O–H groups in total. The van der Waals surface area contributed by atoms with Crippen molar-refractivity contribution in [3.8, 4) is 0 Å². The highest BCUT2D eigenvalue weighted by atomic mass is 16.4. The topological polar surface area (TPSA) is 130 Å². The summed E-state index contributed by atoms with van der Waals surface area (Å²) in [5.74, 6) is -2.36. The highest BCUT2D eigenvalue weighted by Crippen LogP contribution is 2.28. The van der Waals surface area contributed by atoms with Crippen LogP contribution in [0, 0.1) is 11.8 Å². The third kappa shape index (κ3) is 5.25. The van der Waals surface area contributed by atoms with Gasteiger partial charge in [-0.2, -0.15) is 0 Å². The molecule has 108 valence electrons. The Labute approximate surface area is 111 Å². The minimum absolute atomic E-state index is 0.247. The molecule has 0 aromatic carbocycles. The first-order chi connectivity index (χ1) is 8.90. The molecule has 7 heteroatoms. The van der Waals surface area contributed by atoms with Gasteiger partial charge < -0.3 is 21.3 Å². The summed E-state index contributed by atoms with van der Waals surface area (Å²) < 4.78 is 0. The summed E-state index contributed by atoms with van der Waals surface area (Å²) in [6.45, 7) is 0.429. The van der Waals surface area contributed by atoms with E-state index in [2.05, 4.69) is 5.32 Å². The Bertz CT molecular complexity index is 350. The summed E-state index contributed by atoms with van der Waals surface area (Å²) in [7, 11) is 0. The summed E-state index contributed by atoms with van der Waals surface area (Å²) >= 11 is 0. The number of carboxylic acid groups (broad SMARTS) is 2. The van der Waals surface area contributed by atoms with Crippen molar-refractivity contribution in [3.05, 3.63) is 0 Å². The molecule has 1 amide bonds. The van der Waals surface area contributed by atoms with E-state index >= 15 is 0 Å². The number of carbonyl (C=O) groups excluding carboxylic acids is 1. The van der Waals surface area contributed by atoms with Gasteiger partial charge in [0.2, 0.25) is 5.91 Å². The molecule has 1 atom stereocenters.